The summed E-state index contributed by atoms with van der Waals surface area (Å²) in [5.41, 5.74) is 0. The Hall–Kier alpha value is -1.36. The lowest BCUT2D eigenvalue weighted by Crippen LogP contribution is -2.09. The van der Waals surface area contributed by atoms with E-state index in [9.17, 15) is 9.59 Å². The van der Waals surface area contributed by atoms with Gasteiger partial charge in [-0.05, 0) is 25.0 Å². The van der Waals surface area contributed by atoms with E-state index < -0.39 is 11.9 Å². The van der Waals surface area contributed by atoms with Crippen molar-refractivity contribution in [1.29, 1.82) is 0 Å². The molecule has 4 nitrogen and oxygen atoms in total. The zero-order valence-corrected chi connectivity index (χ0v) is 9.08. The highest BCUT2D eigenvalue weighted by atomic mass is 32.1. The molecule has 1 rings (SSSR count). The van der Waals surface area contributed by atoms with Gasteiger partial charge in [0.05, 0.1) is 5.92 Å². The normalized spacial score (nSPS) is 12.3. The van der Waals surface area contributed by atoms with Crippen LogP contribution in [0.25, 0.3) is 0 Å². The maximum Gasteiger partial charge on any atom is 0.345 e. The third-order valence-electron chi connectivity index (χ3n) is 2.12. The second-order valence-corrected chi connectivity index (χ2v) is 4.52. The van der Waals surface area contributed by atoms with Crippen LogP contribution < -0.4 is 0 Å². The second kappa shape index (κ2) is 4.93. The first-order valence-electron chi connectivity index (χ1n) is 4.55. The quantitative estimate of drug-likeness (QED) is 0.809. The first kappa shape index (κ1) is 11.7. The minimum Gasteiger partial charge on any atom is -0.481 e. The number of carbonyl (C=O) groups is 2. The summed E-state index contributed by atoms with van der Waals surface area (Å²) in [6, 6.07) is 3.29. The minimum atomic E-state index is -0.933. The third-order valence-corrected chi connectivity index (χ3v) is 3.25. The number of rotatable bonds is 5. The first-order valence-corrected chi connectivity index (χ1v) is 5.37. The average Bonchev–Trinajstić information content (AvgIpc) is 2.62. The maximum absolute atomic E-state index is 10.6. The largest absolute Gasteiger partial charge is 0.481 e. The molecule has 1 atom stereocenters. The maximum atomic E-state index is 10.6. The van der Waals surface area contributed by atoms with Crippen molar-refractivity contribution in [3.63, 3.8) is 0 Å². The smallest absolute Gasteiger partial charge is 0.345 e. The zero-order chi connectivity index (χ0) is 11.4. The molecule has 0 fully saturated rings. The van der Waals surface area contributed by atoms with Crippen molar-refractivity contribution in [2.45, 2.75) is 19.8 Å². The fourth-order valence-electron chi connectivity index (χ4n) is 1.11. The molecular weight excluding hydrogens is 216 g/mol. The molecule has 2 N–H and O–H groups in total. The van der Waals surface area contributed by atoms with Crippen LogP contribution in [-0.4, -0.2) is 22.2 Å². The van der Waals surface area contributed by atoms with Gasteiger partial charge in [0.1, 0.15) is 4.88 Å². The second-order valence-electron chi connectivity index (χ2n) is 3.35. The van der Waals surface area contributed by atoms with Crippen molar-refractivity contribution >= 4 is 23.3 Å². The summed E-state index contributed by atoms with van der Waals surface area (Å²) >= 11 is 1.20. The lowest BCUT2D eigenvalue weighted by atomic mass is 10.1. The monoisotopic (exact) mass is 228 g/mol. The summed E-state index contributed by atoms with van der Waals surface area (Å²) < 4.78 is 0. The predicted molar refractivity (Wildman–Crippen MR) is 56.4 cm³/mol. The van der Waals surface area contributed by atoms with Gasteiger partial charge < -0.3 is 10.2 Å². The molecule has 5 heteroatoms. The molecule has 15 heavy (non-hydrogen) atoms. The number of carboxylic acid groups (broad SMARTS) is 2. The van der Waals surface area contributed by atoms with Crippen LogP contribution in [0.5, 0.6) is 0 Å². The van der Waals surface area contributed by atoms with E-state index >= 15 is 0 Å². The van der Waals surface area contributed by atoms with E-state index in [1.54, 1.807) is 19.1 Å². The Morgan fingerprint density at radius 1 is 1.40 bits per heavy atom. The molecule has 0 radical (unpaired) electrons. The molecule has 82 valence electrons. The molecule has 0 bridgehead atoms. The van der Waals surface area contributed by atoms with Gasteiger partial charge in [-0.25, -0.2) is 4.79 Å². The number of hydrogen-bond acceptors (Lipinski definition) is 3. The van der Waals surface area contributed by atoms with Crippen LogP contribution in [0.4, 0.5) is 0 Å². The van der Waals surface area contributed by atoms with Crippen molar-refractivity contribution in [2.24, 2.45) is 5.92 Å². The molecule has 0 saturated carbocycles. The van der Waals surface area contributed by atoms with Gasteiger partial charge >= 0.3 is 11.9 Å². The summed E-state index contributed by atoms with van der Waals surface area (Å²) in [5.74, 6) is -2.14. The van der Waals surface area contributed by atoms with E-state index in [0.29, 0.717) is 17.7 Å². The molecule has 1 unspecified atom stereocenters. The molecule has 1 aromatic heterocycles. The van der Waals surface area contributed by atoms with E-state index in [2.05, 4.69) is 0 Å². The van der Waals surface area contributed by atoms with Crippen LogP contribution in [0.1, 0.15) is 27.9 Å². The Kier molecular flexibility index (Phi) is 3.85. The summed E-state index contributed by atoms with van der Waals surface area (Å²) in [6.45, 7) is 1.65. The van der Waals surface area contributed by atoms with E-state index in [4.69, 9.17) is 10.2 Å². The molecule has 1 heterocycles. The highest BCUT2D eigenvalue weighted by molar-refractivity contribution is 7.13. The highest BCUT2D eigenvalue weighted by Crippen LogP contribution is 2.19. The van der Waals surface area contributed by atoms with E-state index in [1.165, 1.54) is 11.3 Å². The fourth-order valence-corrected chi connectivity index (χ4v) is 1.97. The molecule has 0 aliphatic rings. The summed E-state index contributed by atoms with van der Waals surface area (Å²) in [7, 11) is 0. The SMILES string of the molecule is CC(CCc1ccc(C(=O)O)s1)C(=O)O. The molecular formula is C10H12O4S. The molecule has 0 spiro atoms. The van der Waals surface area contributed by atoms with Crippen LogP contribution >= 0.6 is 11.3 Å². The fraction of sp³-hybridized carbons (Fsp3) is 0.400. The van der Waals surface area contributed by atoms with E-state index in [1.807, 2.05) is 0 Å². The van der Waals surface area contributed by atoms with Crippen molar-refractivity contribution in [2.75, 3.05) is 0 Å². The van der Waals surface area contributed by atoms with Crippen molar-refractivity contribution in [1.82, 2.24) is 0 Å². The van der Waals surface area contributed by atoms with Crippen LogP contribution in [0.15, 0.2) is 12.1 Å². The van der Waals surface area contributed by atoms with Crippen LogP contribution in [0.2, 0.25) is 0 Å². The Morgan fingerprint density at radius 2 is 2.07 bits per heavy atom. The predicted octanol–water partition coefficient (Wildman–Crippen LogP) is 2.10. The Bertz CT molecular complexity index is 369. The number of aryl methyl sites for hydroxylation is 1. The topological polar surface area (TPSA) is 74.6 Å². The lowest BCUT2D eigenvalue weighted by molar-refractivity contribution is -0.141. The van der Waals surface area contributed by atoms with Crippen LogP contribution in [-0.2, 0) is 11.2 Å². The van der Waals surface area contributed by atoms with Gasteiger partial charge in [0.2, 0.25) is 0 Å². The van der Waals surface area contributed by atoms with Gasteiger partial charge in [0.25, 0.3) is 0 Å². The number of hydrogen-bond donors (Lipinski definition) is 2. The van der Waals surface area contributed by atoms with Crippen molar-refractivity contribution in [3.8, 4) is 0 Å². The Balaban J connectivity index is 2.51. The number of carboxylic acids is 2. The summed E-state index contributed by atoms with van der Waals surface area (Å²) in [5, 5.41) is 17.3. The molecule has 1 aromatic rings. The first-order chi connectivity index (χ1) is 7.00. The Morgan fingerprint density at radius 3 is 2.53 bits per heavy atom. The number of aliphatic carboxylic acids is 1. The van der Waals surface area contributed by atoms with Crippen molar-refractivity contribution in [3.05, 3.63) is 21.9 Å². The highest BCUT2D eigenvalue weighted by Gasteiger charge is 2.12. The van der Waals surface area contributed by atoms with E-state index in [0.717, 1.165) is 4.88 Å². The van der Waals surface area contributed by atoms with Gasteiger partial charge in [0.15, 0.2) is 0 Å². The van der Waals surface area contributed by atoms with Gasteiger partial charge in [-0.3, -0.25) is 4.79 Å². The molecule has 0 saturated heterocycles. The number of thiophene rings is 1. The lowest BCUT2D eigenvalue weighted by Gasteiger charge is -2.03. The molecule has 0 aliphatic heterocycles. The standard InChI is InChI=1S/C10H12O4S/c1-6(9(11)12)2-3-7-4-5-8(15-7)10(13)14/h4-6H,2-3H2,1H3,(H,11,12)(H,13,14). The van der Waals surface area contributed by atoms with Gasteiger partial charge in [-0.15, -0.1) is 11.3 Å². The summed E-state index contributed by atoms with van der Waals surface area (Å²) in [6.07, 6.45) is 1.15. The molecule has 0 aromatic carbocycles. The van der Waals surface area contributed by atoms with Crippen LogP contribution in [0.3, 0.4) is 0 Å². The third kappa shape index (κ3) is 3.36. The van der Waals surface area contributed by atoms with Gasteiger partial charge in [-0.2, -0.15) is 0 Å². The van der Waals surface area contributed by atoms with E-state index in [-0.39, 0.29) is 5.92 Å². The van der Waals surface area contributed by atoms with Crippen LogP contribution in [0, 0.1) is 5.92 Å². The van der Waals surface area contributed by atoms with Gasteiger partial charge in [0, 0.05) is 4.88 Å². The average molecular weight is 228 g/mol. The molecule has 0 aliphatic carbocycles. The number of aromatic carboxylic acids is 1. The zero-order valence-electron chi connectivity index (χ0n) is 8.27. The Labute approximate surface area is 91.2 Å². The molecule has 0 amide bonds. The van der Waals surface area contributed by atoms with Crippen molar-refractivity contribution < 1.29 is 19.8 Å². The minimum absolute atomic E-state index is 0.299. The van der Waals surface area contributed by atoms with Gasteiger partial charge in [-0.1, -0.05) is 6.92 Å². The summed E-state index contributed by atoms with van der Waals surface area (Å²) in [4.78, 5) is 22.3.